The van der Waals surface area contributed by atoms with Gasteiger partial charge in [0.25, 0.3) is 0 Å². The van der Waals surface area contributed by atoms with Crippen LogP contribution in [0.3, 0.4) is 0 Å². The van der Waals surface area contributed by atoms with Gasteiger partial charge < -0.3 is 14.6 Å². The van der Waals surface area contributed by atoms with Crippen molar-refractivity contribution in [2.75, 3.05) is 19.0 Å². The monoisotopic (exact) mass is 610 g/mol. The molecule has 0 spiro atoms. The van der Waals surface area contributed by atoms with E-state index < -0.39 is 80.6 Å². The molecule has 2 rings (SSSR count). The summed E-state index contributed by atoms with van der Waals surface area (Å²) in [4.78, 5) is 31.3. The molecule has 0 radical (unpaired) electrons. The lowest BCUT2D eigenvalue weighted by molar-refractivity contribution is 0.0135. The smallest absolute Gasteiger partial charge is 0.425 e. The summed E-state index contributed by atoms with van der Waals surface area (Å²) in [6.07, 6.45) is -3.47. The molecule has 0 aromatic heterocycles. The standard InChI is InChI=1S/C24H33BrF2N2O7S/c1-21(2,3)35-19(31)29(20(32)36-22(4,5)6)18-24(13-26,10-11-30)37(33,34)14-23(7,28-18)16-12-15(25)8-9-17(16)27/h8-9,12,30H,10-11,13-14H2,1-7H3/t23-,24-/m0/s1. The normalized spacial score (nSPS) is 23.7. The third-order valence-electron chi connectivity index (χ3n) is 5.43. The zero-order valence-electron chi connectivity index (χ0n) is 21.9. The number of aliphatic hydroxyl groups excluding tert-OH is 1. The molecule has 0 unspecified atom stereocenters. The van der Waals surface area contributed by atoms with E-state index in [1.165, 1.54) is 60.6 Å². The Morgan fingerprint density at radius 3 is 2.08 bits per heavy atom. The molecule has 0 fully saturated rings. The fourth-order valence-electron chi connectivity index (χ4n) is 3.84. The molecular weight excluding hydrogens is 578 g/mol. The van der Waals surface area contributed by atoms with Gasteiger partial charge in [0.2, 0.25) is 0 Å². The Morgan fingerprint density at radius 2 is 1.65 bits per heavy atom. The Morgan fingerprint density at radius 1 is 1.14 bits per heavy atom. The van der Waals surface area contributed by atoms with Crippen LogP contribution in [-0.4, -0.2) is 71.4 Å². The number of imide groups is 1. The van der Waals surface area contributed by atoms with Crippen molar-refractivity contribution in [2.45, 2.75) is 76.4 Å². The van der Waals surface area contributed by atoms with Gasteiger partial charge in [-0.3, -0.25) is 4.99 Å². The van der Waals surface area contributed by atoms with Crippen molar-refractivity contribution in [3.8, 4) is 0 Å². The van der Waals surface area contributed by atoms with Crippen LogP contribution in [0.25, 0.3) is 0 Å². The lowest BCUT2D eigenvalue weighted by Crippen LogP contribution is -2.64. The van der Waals surface area contributed by atoms with Crippen molar-refractivity contribution in [1.29, 1.82) is 0 Å². The number of halogens is 3. The predicted octanol–water partition coefficient (Wildman–Crippen LogP) is 4.89. The van der Waals surface area contributed by atoms with E-state index in [-0.39, 0.29) is 10.5 Å². The van der Waals surface area contributed by atoms with Crippen LogP contribution in [0.15, 0.2) is 27.7 Å². The number of benzene rings is 1. The topological polar surface area (TPSA) is 123 Å². The Labute approximate surface area is 224 Å². The van der Waals surface area contributed by atoms with Gasteiger partial charge in [-0.05, 0) is 73.1 Å². The maximum atomic E-state index is 15.0. The molecule has 0 bridgehead atoms. The van der Waals surface area contributed by atoms with E-state index in [1.807, 2.05) is 0 Å². The molecule has 208 valence electrons. The maximum Gasteiger partial charge on any atom is 0.425 e. The number of rotatable bonds is 4. The molecule has 37 heavy (non-hydrogen) atoms. The zero-order valence-corrected chi connectivity index (χ0v) is 24.3. The third kappa shape index (κ3) is 6.66. The van der Waals surface area contributed by atoms with Crippen LogP contribution >= 0.6 is 15.9 Å². The van der Waals surface area contributed by atoms with Crippen molar-refractivity contribution in [3.63, 3.8) is 0 Å². The summed E-state index contributed by atoms with van der Waals surface area (Å²) < 4.78 is 65.8. The van der Waals surface area contributed by atoms with Crippen LogP contribution in [-0.2, 0) is 24.8 Å². The molecule has 1 aliphatic rings. The van der Waals surface area contributed by atoms with E-state index in [4.69, 9.17) is 9.47 Å². The third-order valence-corrected chi connectivity index (χ3v) is 8.55. The molecule has 1 aromatic rings. The molecule has 0 aliphatic carbocycles. The molecule has 2 amide bonds. The highest BCUT2D eigenvalue weighted by atomic mass is 79.9. The quantitative estimate of drug-likeness (QED) is 0.514. The Hall–Kier alpha value is -2.12. The second-order valence-corrected chi connectivity index (χ2v) is 14.2. The lowest BCUT2D eigenvalue weighted by Gasteiger charge is -2.44. The summed E-state index contributed by atoms with van der Waals surface area (Å²) in [5.74, 6) is -2.53. The second kappa shape index (κ2) is 10.6. The highest BCUT2D eigenvalue weighted by Crippen LogP contribution is 2.42. The van der Waals surface area contributed by atoms with E-state index in [0.717, 1.165) is 6.07 Å². The van der Waals surface area contributed by atoms with E-state index >= 15 is 0 Å². The largest absolute Gasteiger partial charge is 0.443 e. The Balaban J connectivity index is 2.98. The fraction of sp³-hybridized carbons (Fsp3) is 0.625. The predicted molar refractivity (Wildman–Crippen MR) is 137 cm³/mol. The number of carbonyl (C=O) groups is 2. The van der Waals surface area contributed by atoms with Crippen molar-refractivity contribution >= 4 is 43.8 Å². The summed E-state index contributed by atoms with van der Waals surface area (Å²) in [6.45, 7) is 7.89. The van der Waals surface area contributed by atoms with Gasteiger partial charge >= 0.3 is 12.2 Å². The number of hydrogen-bond acceptors (Lipinski definition) is 8. The molecule has 0 saturated heterocycles. The molecule has 1 N–H and O–H groups in total. The molecular formula is C24H33BrF2N2O7S. The number of sulfone groups is 1. The minimum absolute atomic E-state index is 0.173. The van der Waals surface area contributed by atoms with Gasteiger partial charge in [-0.15, -0.1) is 0 Å². The van der Waals surface area contributed by atoms with Gasteiger partial charge in [0, 0.05) is 16.6 Å². The first-order valence-electron chi connectivity index (χ1n) is 11.4. The van der Waals surface area contributed by atoms with Gasteiger partial charge in [-0.25, -0.2) is 26.8 Å². The molecule has 13 heteroatoms. The number of ether oxygens (including phenoxy) is 2. The van der Waals surface area contributed by atoms with Crippen LogP contribution in [0, 0.1) is 5.82 Å². The molecule has 1 heterocycles. The average molecular weight is 612 g/mol. The number of alkyl halides is 1. The average Bonchev–Trinajstić information content (AvgIpc) is 2.69. The van der Waals surface area contributed by atoms with Gasteiger partial charge in [0.1, 0.15) is 35.1 Å². The summed E-state index contributed by atoms with van der Waals surface area (Å²) in [5, 5.41) is 9.72. The number of hydrogen-bond donors (Lipinski definition) is 1. The molecule has 9 nitrogen and oxygen atoms in total. The first kappa shape index (κ1) is 31.1. The van der Waals surface area contributed by atoms with Crippen molar-refractivity contribution in [1.82, 2.24) is 4.90 Å². The molecule has 1 aromatic carbocycles. The van der Waals surface area contributed by atoms with Crippen LogP contribution in [0.1, 0.15) is 60.5 Å². The second-order valence-electron chi connectivity index (χ2n) is 11.0. The Kier molecular flexibility index (Phi) is 8.88. The van der Waals surface area contributed by atoms with Crippen molar-refractivity contribution < 1.29 is 41.4 Å². The van der Waals surface area contributed by atoms with Gasteiger partial charge in [0.05, 0.1) is 5.75 Å². The van der Waals surface area contributed by atoms with Gasteiger partial charge in [-0.1, -0.05) is 15.9 Å². The van der Waals surface area contributed by atoms with Gasteiger partial charge in [-0.2, -0.15) is 4.90 Å². The summed E-state index contributed by atoms with van der Waals surface area (Å²) in [6, 6.07) is 3.80. The number of nitrogens with zero attached hydrogens (tertiary/aromatic N) is 2. The number of amidine groups is 1. The first-order valence-corrected chi connectivity index (χ1v) is 13.9. The molecule has 1 aliphatic heterocycles. The molecule has 0 saturated carbocycles. The maximum absolute atomic E-state index is 15.0. The van der Waals surface area contributed by atoms with Crippen LogP contribution in [0.5, 0.6) is 0 Å². The lowest BCUT2D eigenvalue weighted by atomic mass is 9.92. The van der Waals surface area contributed by atoms with Gasteiger partial charge in [0.15, 0.2) is 14.6 Å². The minimum Gasteiger partial charge on any atom is -0.443 e. The van der Waals surface area contributed by atoms with Crippen LogP contribution in [0.4, 0.5) is 18.4 Å². The van der Waals surface area contributed by atoms with E-state index in [0.29, 0.717) is 4.47 Å². The SMILES string of the molecule is CC(C)(C)OC(=O)N(C(=O)OC(C)(C)C)C1=N[C@](C)(c2cc(Br)ccc2F)CS(=O)(=O)[C@]1(CF)CCO. The fourth-order valence-corrected chi connectivity index (χ4v) is 6.42. The number of aliphatic imine (C=N–C) groups is 1. The summed E-state index contributed by atoms with van der Waals surface area (Å²) >= 11 is 3.22. The number of aliphatic hydroxyl groups is 1. The summed E-state index contributed by atoms with van der Waals surface area (Å²) in [7, 11) is -4.64. The zero-order chi connectivity index (χ0) is 28.6. The van der Waals surface area contributed by atoms with E-state index in [9.17, 15) is 31.9 Å². The highest BCUT2D eigenvalue weighted by Gasteiger charge is 2.60. The highest BCUT2D eigenvalue weighted by molar-refractivity contribution is 9.10. The first-order chi connectivity index (χ1) is 16.7. The minimum atomic E-state index is -4.64. The van der Waals surface area contributed by atoms with E-state index in [1.54, 1.807) is 0 Å². The van der Waals surface area contributed by atoms with Crippen LogP contribution < -0.4 is 0 Å². The summed E-state index contributed by atoms with van der Waals surface area (Å²) in [5.41, 5.74) is -4.37. The van der Waals surface area contributed by atoms with E-state index in [2.05, 4.69) is 20.9 Å². The van der Waals surface area contributed by atoms with Crippen molar-refractivity contribution in [3.05, 3.63) is 34.1 Å². The van der Waals surface area contributed by atoms with Crippen molar-refractivity contribution in [2.24, 2.45) is 4.99 Å². The number of amides is 2. The Bertz CT molecular complexity index is 1170. The number of carbonyl (C=O) groups excluding carboxylic acids is 2. The van der Waals surface area contributed by atoms with Crippen LogP contribution in [0.2, 0.25) is 0 Å². The molecule has 2 atom stereocenters.